The van der Waals surface area contributed by atoms with Crippen molar-refractivity contribution >= 4 is 6.03 Å². The molecular weight excluding hydrogens is 228 g/mol. The van der Waals surface area contributed by atoms with Crippen LogP contribution in [0.15, 0.2) is 0 Å². The first-order chi connectivity index (χ1) is 8.34. The third-order valence-corrected chi connectivity index (χ3v) is 3.95. The molecule has 4 nitrogen and oxygen atoms in total. The van der Waals surface area contributed by atoms with E-state index in [-0.39, 0.29) is 24.7 Å². The highest BCUT2D eigenvalue weighted by Crippen LogP contribution is 2.38. The first-order valence-corrected chi connectivity index (χ1v) is 7.02. The molecule has 3 atom stereocenters. The number of aliphatic hydroxyl groups is 1. The van der Waals surface area contributed by atoms with Gasteiger partial charge in [0.1, 0.15) is 0 Å². The molecule has 1 aliphatic carbocycles. The summed E-state index contributed by atoms with van der Waals surface area (Å²) in [6.07, 6.45) is 3.97. The molecule has 18 heavy (non-hydrogen) atoms. The highest BCUT2D eigenvalue weighted by atomic mass is 16.3. The monoisotopic (exact) mass is 256 g/mol. The van der Waals surface area contributed by atoms with Crippen molar-refractivity contribution in [3.05, 3.63) is 0 Å². The van der Waals surface area contributed by atoms with Crippen LogP contribution in [0.1, 0.15) is 53.4 Å². The molecule has 3 N–H and O–H groups in total. The molecule has 0 spiro atoms. The highest BCUT2D eigenvalue weighted by molar-refractivity contribution is 5.74. The van der Waals surface area contributed by atoms with Gasteiger partial charge in [0.15, 0.2) is 0 Å². The molecule has 4 heteroatoms. The molecule has 106 valence electrons. The second kappa shape index (κ2) is 6.41. The minimum Gasteiger partial charge on any atom is -0.396 e. The van der Waals surface area contributed by atoms with E-state index in [0.29, 0.717) is 17.8 Å². The zero-order valence-electron chi connectivity index (χ0n) is 12.1. The third kappa shape index (κ3) is 4.84. The Labute approximate surface area is 111 Å². The van der Waals surface area contributed by atoms with Gasteiger partial charge < -0.3 is 15.7 Å². The minimum absolute atomic E-state index is 0.0188. The lowest BCUT2D eigenvalue weighted by Crippen LogP contribution is -2.50. The van der Waals surface area contributed by atoms with Crippen molar-refractivity contribution in [1.82, 2.24) is 10.6 Å². The summed E-state index contributed by atoms with van der Waals surface area (Å²) in [5.41, 5.74) is 0.401. The first-order valence-electron chi connectivity index (χ1n) is 7.02. The molecular formula is C14H28N2O2. The average Bonchev–Trinajstić information content (AvgIpc) is 2.21. The molecule has 1 saturated carbocycles. The number of hydrogen-bond acceptors (Lipinski definition) is 2. The molecule has 1 fully saturated rings. The topological polar surface area (TPSA) is 61.4 Å². The molecule has 0 aromatic heterocycles. The number of hydrogen-bond donors (Lipinski definition) is 3. The number of amides is 2. The van der Waals surface area contributed by atoms with Gasteiger partial charge in [-0.15, -0.1) is 0 Å². The van der Waals surface area contributed by atoms with Crippen molar-refractivity contribution in [3.63, 3.8) is 0 Å². The lowest BCUT2D eigenvalue weighted by atomic mass is 9.70. The van der Waals surface area contributed by atoms with E-state index in [0.717, 1.165) is 19.3 Å². The maximum absolute atomic E-state index is 11.8. The third-order valence-electron chi connectivity index (χ3n) is 3.95. The van der Waals surface area contributed by atoms with E-state index >= 15 is 0 Å². The fourth-order valence-electron chi connectivity index (χ4n) is 2.86. The van der Waals surface area contributed by atoms with Crippen LogP contribution in [-0.2, 0) is 0 Å². The van der Waals surface area contributed by atoms with Crippen LogP contribution in [-0.4, -0.2) is 29.8 Å². The second-order valence-electron chi connectivity index (χ2n) is 6.52. The normalized spacial score (nSPS) is 28.5. The fourth-order valence-corrected chi connectivity index (χ4v) is 2.86. The number of nitrogens with one attached hydrogen (secondary N) is 2. The van der Waals surface area contributed by atoms with Gasteiger partial charge in [0.2, 0.25) is 0 Å². The van der Waals surface area contributed by atoms with Gasteiger partial charge in [-0.1, -0.05) is 20.8 Å². The maximum atomic E-state index is 11.8. The molecule has 0 aromatic rings. The molecule has 0 aliphatic heterocycles. The molecule has 0 saturated heterocycles. The first kappa shape index (κ1) is 15.3. The lowest BCUT2D eigenvalue weighted by molar-refractivity contribution is 0.148. The summed E-state index contributed by atoms with van der Waals surface area (Å²) in [6.45, 7) is 8.81. The van der Waals surface area contributed by atoms with Crippen molar-refractivity contribution in [2.45, 2.75) is 65.5 Å². The second-order valence-corrected chi connectivity index (χ2v) is 6.52. The van der Waals surface area contributed by atoms with Gasteiger partial charge in [-0.3, -0.25) is 0 Å². The van der Waals surface area contributed by atoms with E-state index in [1.807, 2.05) is 6.92 Å². The quantitative estimate of drug-likeness (QED) is 0.722. The number of aliphatic hydroxyl groups excluding tert-OH is 1. The minimum atomic E-state index is -0.104. The molecule has 2 unspecified atom stereocenters. The van der Waals surface area contributed by atoms with Gasteiger partial charge in [-0.05, 0) is 43.9 Å². The van der Waals surface area contributed by atoms with E-state index in [9.17, 15) is 4.79 Å². The standard InChI is InChI=1S/C14H28N2O2/c1-10-9-14(3,4)7-5-12(10)16-13(18)15-11(2)6-8-17/h10-12,17H,5-9H2,1-4H3,(H2,15,16,18)/t10?,11-,12?/m1/s1. The number of carbonyl (C=O) groups excluding carboxylic acids is 1. The van der Waals surface area contributed by atoms with Crippen molar-refractivity contribution in [2.75, 3.05) is 6.61 Å². The Morgan fingerprint density at radius 3 is 2.72 bits per heavy atom. The van der Waals surface area contributed by atoms with Crippen molar-refractivity contribution in [1.29, 1.82) is 0 Å². The Hall–Kier alpha value is -0.770. The Kier molecular flexibility index (Phi) is 5.45. The zero-order chi connectivity index (χ0) is 13.8. The van der Waals surface area contributed by atoms with Gasteiger partial charge in [0.05, 0.1) is 0 Å². The van der Waals surface area contributed by atoms with Gasteiger partial charge in [-0.25, -0.2) is 4.79 Å². The summed E-state index contributed by atoms with van der Waals surface area (Å²) in [5, 5.41) is 14.7. The molecule has 0 heterocycles. The summed E-state index contributed by atoms with van der Waals surface area (Å²) >= 11 is 0. The number of rotatable bonds is 4. The Morgan fingerprint density at radius 1 is 1.50 bits per heavy atom. The van der Waals surface area contributed by atoms with Gasteiger partial charge in [0.25, 0.3) is 0 Å². The molecule has 0 radical (unpaired) electrons. The van der Waals surface area contributed by atoms with Crippen molar-refractivity contribution < 1.29 is 9.90 Å². The maximum Gasteiger partial charge on any atom is 0.315 e. The Balaban J connectivity index is 2.36. The van der Waals surface area contributed by atoms with Crippen LogP contribution in [0, 0.1) is 11.3 Å². The molecule has 1 rings (SSSR count). The van der Waals surface area contributed by atoms with Crippen LogP contribution in [0.3, 0.4) is 0 Å². The largest absolute Gasteiger partial charge is 0.396 e. The van der Waals surface area contributed by atoms with Crippen LogP contribution in [0.4, 0.5) is 4.79 Å². The smallest absolute Gasteiger partial charge is 0.315 e. The zero-order valence-corrected chi connectivity index (χ0v) is 12.1. The summed E-state index contributed by atoms with van der Waals surface area (Å²) in [6, 6.07) is 0.192. The molecule has 0 bridgehead atoms. The van der Waals surface area contributed by atoms with Gasteiger partial charge in [0, 0.05) is 18.7 Å². The van der Waals surface area contributed by atoms with E-state index in [2.05, 4.69) is 31.4 Å². The summed E-state index contributed by atoms with van der Waals surface area (Å²) in [7, 11) is 0. The lowest BCUT2D eigenvalue weighted by Gasteiger charge is -2.39. The van der Waals surface area contributed by atoms with Crippen LogP contribution >= 0.6 is 0 Å². The number of urea groups is 1. The van der Waals surface area contributed by atoms with E-state index in [1.54, 1.807) is 0 Å². The average molecular weight is 256 g/mol. The van der Waals surface area contributed by atoms with Crippen molar-refractivity contribution in [2.24, 2.45) is 11.3 Å². The van der Waals surface area contributed by atoms with Crippen LogP contribution < -0.4 is 10.6 Å². The predicted octanol–water partition coefficient (Wildman–Crippen LogP) is 2.27. The van der Waals surface area contributed by atoms with Gasteiger partial charge in [-0.2, -0.15) is 0 Å². The molecule has 2 amide bonds. The van der Waals surface area contributed by atoms with Crippen molar-refractivity contribution in [3.8, 4) is 0 Å². The Bertz CT molecular complexity index is 279. The molecule has 0 aromatic carbocycles. The predicted molar refractivity (Wildman–Crippen MR) is 73.4 cm³/mol. The van der Waals surface area contributed by atoms with Gasteiger partial charge >= 0.3 is 6.03 Å². The van der Waals surface area contributed by atoms with E-state index in [4.69, 9.17) is 5.11 Å². The van der Waals surface area contributed by atoms with Crippen LogP contribution in [0.5, 0.6) is 0 Å². The summed E-state index contributed by atoms with van der Waals surface area (Å²) in [5.74, 6) is 0.521. The summed E-state index contributed by atoms with van der Waals surface area (Å²) in [4.78, 5) is 11.8. The molecule has 1 aliphatic rings. The fraction of sp³-hybridized carbons (Fsp3) is 0.929. The van der Waals surface area contributed by atoms with E-state index < -0.39 is 0 Å². The van der Waals surface area contributed by atoms with Crippen LogP contribution in [0.25, 0.3) is 0 Å². The van der Waals surface area contributed by atoms with E-state index in [1.165, 1.54) is 0 Å². The highest BCUT2D eigenvalue weighted by Gasteiger charge is 2.33. The number of carbonyl (C=O) groups is 1. The summed E-state index contributed by atoms with van der Waals surface area (Å²) < 4.78 is 0. The SMILES string of the molecule is CC1CC(C)(C)CCC1NC(=O)N[C@H](C)CCO. The van der Waals surface area contributed by atoms with Crippen LogP contribution in [0.2, 0.25) is 0 Å². The Morgan fingerprint density at radius 2 is 2.17 bits per heavy atom.